The predicted octanol–water partition coefficient (Wildman–Crippen LogP) is 3.85. The second-order valence-corrected chi connectivity index (χ2v) is 6.27. The number of hydrogen-bond acceptors (Lipinski definition) is 3. The lowest BCUT2D eigenvalue weighted by molar-refractivity contribution is 0.0952. The fourth-order valence-corrected chi connectivity index (χ4v) is 2.70. The van der Waals surface area contributed by atoms with Crippen LogP contribution in [0.25, 0.3) is 11.0 Å². The number of fused-ring (bicyclic) bond motifs is 1. The normalized spacial score (nSPS) is 11.3. The first-order chi connectivity index (χ1) is 11.1. The number of benzene rings is 1. The van der Waals surface area contributed by atoms with Gasteiger partial charge in [-0.3, -0.25) is 4.79 Å². The van der Waals surface area contributed by atoms with Gasteiger partial charge >= 0.3 is 0 Å². The average Bonchev–Trinajstić information content (AvgIpc) is 2.90. The van der Waals surface area contributed by atoms with E-state index in [2.05, 4.69) is 31.2 Å². The largest absolute Gasteiger partial charge is 0.460 e. The molecule has 0 aliphatic heterocycles. The summed E-state index contributed by atoms with van der Waals surface area (Å²) in [5.74, 6) is 0.810. The quantitative estimate of drug-likeness (QED) is 0.715. The Labute approximate surface area is 138 Å². The molecule has 126 valence electrons. The maximum absolute atomic E-state index is 12.6. The van der Waals surface area contributed by atoms with E-state index >= 15 is 0 Å². The van der Waals surface area contributed by atoms with Gasteiger partial charge in [-0.15, -0.1) is 0 Å². The highest BCUT2D eigenvalue weighted by molar-refractivity contribution is 6.07. The summed E-state index contributed by atoms with van der Waals surface area (Å²) in [6, 6.07) is 7.79. The van der Waals surface area contributed by atoms with Crippen LogP contribution in [0.4, 0.5) is 0 Å². The standard InChI is InChI=1S/C19H28N2O2/c1-4-5-11-17-18(15-10-6-7-12-16(15)23-17)19(22)20-13-8-9-14-21(2)3/h6-7,10,12H,4-5,8-9,11,13-14H2,1-3H3,(H,20,22). The van der Waals surface area contributed by atoms with E-state index in [9.17, 15) is 4.79 Å². The molecule has 23 heavy (non-hydrogen) atoms. The summed E-state index contributed by atoms with van der Waals surface area (Å²) in [5, 5.41) is 3.97. The maximum Gasteiger partial charge on any atom is 0.255 e. The zero-order valence-corrected chi connectivity index (χ0v) is 14.5. The molecule has 4 nitrogen and oxygen atoms in total. The number of carbonyl (C=O) groups is 1. The van der Waals surface area contributed by atoms with Crippen LogP contribution in [0.2, 0.25) is 0 Å². The van der Waals surface area contributed by atoms with Gasteiger partial charge in [-0.1, -0.05) is 31.5 Å². The SMILES string of the molecule is CCCCc1oc2ccccc2c1C(=O)NCCCCN(C)C. The number of nitrogens with one attached hydrogen (secondary N) is 1. The van der Waals surface area contributed by atoms with Gasteiger partial charge in [0, 0.05) is 18.4 Å². The van der Waals surface area contributed by atoms with Crippen LogP contribution in [-0.4, -0.2) is 38.0 Å². The molecule has 0 radical (unpaired) electrons. The van der Waals surface area contributed by atoms with Gasteiger partial charge in [-0.05, 0) is 46.0 Å². The fourth-order valence-electron chi connectivity index (χ4n) is 2.70. The number of aryl methyl sites for hydroxylation is 1. The number of para-hydroxylation sites is 1. The Morgan fingerprint density at radius 2 is 1.96 bits per heavy atom. The minimum absolute atomic E-state index is 0.00842. The molecule has 0 unspecified atom stereocenters. The summed E-state index contributed by atoms with van der Waals surface area (Å²) in [5.41, 5.74) is 1.53. The van der Waals surface area contributed by atoms with E-state index in [1.54, 1.807) is 0 Å². The van der Waals surface area contributed by atoms with Crippen molar-refractivity contribution in [3.8, 4) is 0 Å². The molecular weight excluding hydrogens is 288 g/mol. The van der Waals surface area contributed by atoms with Crippen molar-refractivity contribution in [2.24, 2.45) is 0 Å². The second kappa shape index (κ2) is 8.73. The van der Waals surface area contributed by atoms with E-state index < -0.39 is 0 Å². The van der Waals surface area contributed by atoms with Crippen molar-refractivity contribution in [1.82, 2.24) is 10.2 Å². The minimum Gasteiger partial charge on any atom is -0.460 e. The summed E-state index contributed by atoms with van der Waals surface area (Å²) in [6.45, 7) is 3.90. The van der Waals surface area contributed by atoms with Crippen molar-refractivity contribution in [3.63, 3.8) is 0 Å². The Morgan fingerprint density at radius 3 is 2.70 bits per heavy atom. The molecule has 1 aromatic carbocycles. The molecule has 0 atom stereocenters. The van der Waals surface area contributed by atoms with Gasteiger partial charge < -0.3 is 14.6 Å². The number of rotatable bonds is 9. The summed E-state index contributed by atoms with van der Waals surface area (Å²) in [4.78, 5) is 14.8. The molecule has 1 aromatic heterocycles. The van der Waals surface area contributed by atoms with E-state index in [1.165, 1.54) is 0 Å². The smallest absolute Gasteiger partial charge is 0.255 e. The molecule has 0 spiro atoms. The van der Waals surface area contributed by atoms with Crippen LogP contribution in [0.3, 0.4) is 0 Å². The molecule has 0 fully saturated rings. The molecule has 1 N–H and O–H groups in total. The Balaban J connectivity index is 2.05. The highest BCUT2D eigenvalue weighted by Gasteiger charge is 2.19. The Kier molecular flexibility index (Phi) is 6.66. The van der Waals surface area contributed by atoms with E-state index in [-0.39, 0.29) is 5.91 Å². The number of carbonyl (C=O) groups excluding carboxylic acids is 1. The number of amides is 1. The highest BCUT2D eigenvalue weighted by Crippen LogP contribution is 2.27. The third-order valence-corrected chi connectivity index (χ3v) is 3.97. The monoisotopic (exact) mass is 316 g/mol. The minimum atomic E-state index is -0.00842. The van der Waals surface area contributed by atoms with Crippen molar-refractivity contribution < 1.29 is 9.21 Å². The summed E-state index contributed by atoms with van der Waals surface area (Å²) in [7, 11) is 4.13. The Morgan fingerprint density at radius 1 is 1.17 bits per heavy atom. The van der Waals surface area contributed by atoms with E-state index in [4.69, 9.17) is 4.42 Å². The van der Waals surface area contributed by atoms with E-state index in [0.717, 1.165) is 60.9 Å². The van der Waals surface area contributed by atoms with Crippen molar-refractivity contribution in [3.05, 3.63) is 35.6 Å². The third-order valence-electron chi connectivity index (χ3n) is 3.97. The number of hydrogen-bond donors (Lipinski definition) is 1. The summed E-state index contributed by atoms with van der Waals surface area (Å²) in [6.07, 6.45) is 5.01. The lowest BCUT2D eigenvalue weighted by Gasteiger charge is -2.09. The molecule has 0 aliphatic rings. The zero-order chi connectivity index (χ0) is 16.7. The number of unbranched alkanes of at least 4 members (excludes halogenated alkanes) is 2. The first-order valence-electron chi connectivity index (χ1n) is 8.56. The molecule has 0 aliphatic carbocycles. The second-order valence-electron chi connectivity index (χ2n) is 6.27. The predicted molar refractivity (Wildman–Crippen MR) is 94.9 cm³/mol. The van der Waals surface area contributed by atoms with Gasteiger partial charge in [-0.2, -0.15) is 0 Å². The van der Waals surface area contributed by atoms with Crippen molar-refractivity contribution in [1.29, 1.82) is 0 Å². The molecule has 1 heterocycles. The van der Waals surface area contributed by atoms with Crippen molar-refractivity contribution in [2.75, 3.05) is 27.2 Å². The van der Waals surface area contributed by atoms with Gasteiger partial charge in [0.05, 0.1) is 5.56 Å². The van der Waals surface area contributed by atoms with Crippen LogP contribution in [0, 0.1) is 0 Å². The molecule has 2 rings (SSSR count). The third kappa shape index (κ3) is 4.83. The average molecular weight is 316 g/mol. The molecule has 0 bridgehead atoms. The Bertz CT molecular complexity index is 631. The number of furan rings is 1. The lowest BCUT2D eigenvalue weighted by Crippen LogP contribution is -2.26. The van der Waals surface area contributed by atoms with Gasteiger partial charge in [0.15, 0.2) is 0 Å². The first kappa shape index (κ1) is 17.5. The van der Waals surface area contributed by atoms with Crippen molar-refractivity contribution in [2.45, 2.75) is 39.0 Å². The van der Waals surface area contributed by atoms with E-state index in [1.807, 2.05) is 24.3 Å². The van der Waals surface area contributed by atoms with Crippen LogP contribution in [-0.2, 0) is 6.42 Å². The van der Waals surface area contributed by atoms with Gasteiger partial charge in [-0.25, -0.2) is 0 Å². The van der Waals surface area contributed by atoms with E-state index in [0.29, 0.717) is 6.54 Å². The molecule has 4 heteroatoms. The van der Waals surface area contributed by atoms with Gasteiger partial charge in [0.25, 0.3) is 5.91 Å². The molecule has 0 saturated carbocycles. The van der Waals surface area contributed by atoms with Gasteiger partial charge in [0.2, 0.25) is 0 Å². The number of nitrogens with zero attached hydrogens (tertiary/aromatic N) is 1. The first-order valence-corrected chi connectivity index (χ1v) is 8.56. The highest BCUT2D eigenvalue weighted by atomic mass is 16.3. The molecule has 1 amide bonds. The van der Waals surface area contributed by atoms with Crippen LogP contribution in [0.5, 0.6) is 0 Å². The summed E-state index contributed by atoms with van der Waals surface area (Å²) < 4.78 is 5.91. The Hall–Kier alpha value is -1.81. The topological polar surface area (TPSA) is 45.5 Å². The molecule has 2 aromatic rings. The maximum atomic E-state index is 12.6. The van der Waals surface area contributed by atoms with Crippen LogP contribution in [0.1, 0.15) is 48.7 Å². The van der Waals surface area contributed by atoms with Crippen LogP contribution in [0.15, 0.2) is 28.7 Å². The summed E-state index contributed by atoms with van der Waals surface area (Å²) >= 11 is 0. The molecule has 0 saturated heterocycles. The van der Waals surface area contributed by atoms with Crippen molar-refractivity contribution >= 4 is 16.9 Å². The van der Waals surface area contributed by atoms with Gasteiger partial charge in [0.1, 0.15) is 11.3 Å². The lowest BCUT2D eigenvalue weighted by atomic mass is 10.1. The fraction of sp³-hybridized carbons (Fsp3) is 0.526. The van der Waals surface area contributed by atoms with Crippen LogP contribution >= 0.6 is 0 Å². The molecular formula is C19H28N2O2. The zero-order valence-electron chi connectivity index (χ0n) is 14.5. The van der Waals surface area contributed by atoms with Crippen LogP contribution < -0.4 is 5.32 Å².